The molecule has 0 unspecified atom stereocenters. The van der Waals surface area contributed by atoms with E-state index in [1.165, 1.54) is 18.2 Å². The van der Waals surface area contributed by atoms with Crippen LogP contribution in [-0.4, -0.2) is 11.2 Å². The van der Waals surface area contributed by atoms with E-state index in [4.69, 9.17) is 11.6 Å². The van der Waals surface area contributed by atoms with Gasteiger partial charge in [0.15, 0.2) is 0 Å². The largest absolute Gasteiger partial charge is 0.298 e. The highest BCUT2D eigenvalue weighted by Crippen LogP contribution is 2.25. The quantitative estimate of drug-likeness (QED) is 0.344. The first-order valence-corrected chi connectivity index (χ1v) is 4.50. The lowest BCUT2D eigenvalue weighted by atomic mass is 10.1. The average Bonchev–Trinajstić information content (AvgIpc) is 2.27. The number of carbonyl (C=O) groups is 1. The van der Waals surface area contributed by atoms with Crippen LogP contribution in [0.4, 0.5) is 5.69 Å². The molecular formula is C10H8ClNO3. The van der Waals surface area contributed by atoms with Crippen LogP contribution in [-0.2, 0) is 4.79 Å². The summed E-state index contributed by atoms with van der Waals surface area (Å²) in [6.07, 6.45) is 0.612. The molecule has 0 heterocycles. The van der Waals surface area contributed by atoms with Crippen molar-refractivity contribution in [1.82, 2.24) is 0 Å². The summed E-state index contributed by atoms with van der Waals surface area (Å²) in [6.45, 7) is 1.55. The van der Waals surface area contributed by atoms with Crippen molar-refractivity contribution in [2.24, 2.45) is 0 Å². The smallest absolute Gasteiger partial charge is 0.270 e. The zero-order valence-corrected chi connectivity index (χ0v) is 8.69. The first-order valence-electron chi connectivity index (χ1n) is 4.12. The maximum absolute atomic E-state index is 10.5. The van der Waals surface area contributed by atoms with Crippen LogP contribution >= 0.6 is 11.6 Å². The van der Waals surface area contributed by atoms with Gasteiger partial charge in [-0.2, -0.15) is 0 Å². The third kappa shape index (κ3) is 2.63. The Kier molecular flexibility index (Phi) is 3.57. The van der Waals surface area contributed by atoms with Crippen molar-refractivity contribution in [1.29, 1.82) is 0 Å². The van der Waals surface area contributed by atoms with Crippen molar-refractivity contribution in [2.45, 2.75) is 6.92 Å². The number of nitro groups is 1. The summed E-state index contributed by atoms with van der Waals surface area (Å²) in [4.78, 5) is 20.4. The van der Waals surface area contributed by atoms with E-state index >= 15 is 0 Å². The van der Waals surface area contributed by atoms with E-state index < -0.39 is 4.92 Å². The SMILES string of the molecule is C/C(C=O)=C(/Cl)c1cccc([N+](=O)[O-])c1. The Morgan fingerprint density at radius 1 is 1.53 bits per heavy atom. The number of hydrogen-bond donors (Lipinski definition) is 0. The summed E-state index contributed by atoms with van der Waals surface area (Å²) in [5.74, 6) is 0. The minimum atomic E-state index is -0.510. The molecule has 1 aromatic carbocycles. The van der Waals surface area contributed by atoms with Crippen LogP contribution in [0, 0.1) is 10.1 Å². The van der Waals surface area contributed by atoms with Crippen molar-refractivity contribution in [3.63, 3.8) is 0 Å². The van der Waals surface area contributed by atoms with Gasteiger partial charge in [0.25, 0.3) is 5.69 Å². The van der Waals surface area contributed by atoms with Gasteiger partial charge in [0.05, 0.1) is 9.96 Å². The first kappa shape index (κ1) is 11.4. The molecule has 0 amide bonds. The molecule has 0 saturated heterocycles. The number of allylic oxidation sites excluding steroid dienone is 1. The minimum absolute atomic E-state index is 0.0515. The maximum atomic E-state index is 10.5. The summed E-state index contributed by atoms with van der Waals surface area (Å²) in [5, 5.41) is 10.7. The predicted octanol–water partition coefficient (Wildman–Crippen LogP) is 2.76. The molecule has 0 bridgehead atoms. The molecule has 0 saturated carbocycles. The highest BCUT2D eigenvalue weighted by Gasteiger charge is 2.08. The number of non-ortho nitro benzene ring substituents is 1. The fourth-order valence-electron chi connectivity index (χ4n) is 1.04. The second-order valence-corrected chi connectivity index (χ2v) is 3.30. The fourth-order valence-corrected chi connectivity index (χ4v) is 1.20. The van der Waals surface area contributed by atoms with E-state index in [2.05, 4.69) is 0 Å². The van der Waals surface area contributed by atoms with Gasteiger partial charge in [-0.15, -0.1) is 0 Å². The zero-order chi connectivity index (χ0) is 11.4. The Bertz CT molecular complexity index is 440. The van der Waals surface area contributed by atoms with Gasteiger partial charge in [0, 0.05) is 23.3 Å². The van der Waals surface area contributed by atoms with E-state index in [-0.39, 0.29) is 10.7 Å². The molecule has 0 radical (unpaired) electrons. The van der Waals surface area contributed by atoms with Gasteiger partial charge >= 0.3 is 0 Å². The number of hydrogen-bond acceptors (Lipinski definition) is 3. The molecule has 0 spiro atoms. The third-order valence-electron chi connectivity index (χ3n) is 1.83. The molecular weight excluding hydrogens is 218 g/mol. The van der Waals surface area contributed by atoms with Gasteiger partial charge in [-0.3, -0.25) is 14.9 Å². The molecule has 15 heavy (non-hydrogen) atoms. The van der Waals surface area contributed by atoms with Gasteiger partial charge in [-0.25, -0.2) is 0 Å². The van der Waals surface area contributed by atoms with Crippen LogP contribution in [0.3, 0.4) is 0 Å². The molecule has 4 nitrogen and oxygen atoms in total. The van der Waals surface area contributed by atoms with Gasteiger partial charge in [0.1, 0.15) is 6.29 Å². The van der Waals surface area contributed by atoms with Crippen molar-refractivity contribution in [2.75, 3.05) is 0 Å². The van der Waals surface area contributed by atoms with Gasteiger partial charge < -0.3 is 0 Å². The number of nitro benzene ring substituents is 1. The molecule has 78 valence electrons. The number of carbonyl (C=O) groups excluding carboxylic acids is 1. The normalized spacial score (nSPS) is 11.9. The Hall–Kier alpha value is -1.68. The molecule has 0 aliphatic carbocycles. The van der Waals surface area contributed by atoms with Gasteiger partial charge in [-0.05, 0) is 6.92 Å². The molecule has 0 aliphatic heterocycles. The molecule has 0 aromatic heterocycles. The summed E-state index contributed by atoms with van der Waals surface area (Å²) in [6, 6.07) is 5.83. The number of rotatable bonds is 3. The minimum Gasteiger partial charge on any atom is -0.298 e. The Labute approximate surface area is 91.3 Å². The summed E-state index contributed by atoms with van der Waals surface area (Å²) in [7, 11) is 0. The van der Waals surface area contributed by atoms with E-state index in [1.54, 1.807) is 13.0 Å². The van der Waals surface area contributed by atoms with Crippen molar-refractivity contribution < 1.29 is 9.72 Å². The van der Waals surface area contributed by atoms with E-state index in [0.717, 1.165) is 0 Å². The molecule has 0 N–H and O–H groups in total. The van der Waals surface area contributed by atoms with E-state index in [1.807, 2.05) is 0 Å². The highest BCUT2D eigenvalue weighted by molar-refractivity contribution is 6.50. The Balaban J connectivity index is 3.22. The number of aldehydes is 1. The van der Waals surface area contributed by atoms with Gasteiger partial charge in [-0.1, -0.05) is 23.7 Å². The second kappa shape index (κ2) is 4.70. The average molecular weight is 226 g/mol. The standard InChI is InChI=1S/C10H8ClNO3/c1-7(6-13)10(11)8-3-2-4-9(5-8)12(14)15/h2-6H,1H3/b10-7-. The maximum Gasteiger partial charge on any atom is 0.270 e. The lowest BCUT2D eigenvalue weighted by Crippen LogP contribution is -1.90. The topological polar surface area (TPSA) is 60.2 Å². The Morgan fingerprint density at radius 2 is 2.20 bits per heavy atom. The Morgan fingerprint density at radius 3 is 2.73 bits per heavy atom. The van der Waals surface area contributed by atoms with Crippen LogP contribution in [0.2, 0.25) is 0 Å². The summed E-state index contributed by atoms with van der Waals surface area (Å²) in [5.41, 5.74) is 0.761. The van der Waals surface area contributed by atoms with E-state index in [9.17, 15) is 14.9 Å². The molecule has 0 fully saturated rings. The monoisotopic (exact) mass is 225 g/mol. The van der Waals surface area contributed by atoms with Crippen molar-refractivity contribution >= 4 is 28.6 Å². The van der Waals surface area contributed by atoms with Crippen LogP contribution < -0.4 is 0 Å². The van der Waals surface area contributed by atoms with Crippen molar-refractivity contribution in [3.05, 3.63) is 45.5 Å². The summed E-state index contributed by atoms with van der Waals surface area (Å²) >= 11 is 5.86. The van der Waals surface area contributed by atoms with Crippen LogP contribution in [0.25, 0.3) is 5.03 Å². The number of halogens is 1. The third-order valence-corrected chi connectivity index (χ3v) is 2.35. The lowest BCUT2D eigenvalue weighted by Gasteiger charge is -2.00. The molecule has 1 rings (SSSR count). The number of nitrogens with zero attached hydrogens (tertiary/aromatic N) is 1. The zero-order valence-electron chi connectivity index (χ0n) is 7.94. The molecule has 5 heteroatoms. The van der Waals surface area contributed by atoms with E-state index in [0.29, 0.717) is 17.4 Å². The molecule has 1 aromatic rings. The summed E-state index contributed by atoms with van der Waals surface area (Å²) < 4.78 is 0. The number of benzene rings is 1. The molecule has 0 aliphatic rings. The molecule has 0 atom stereocenters. The van der Waals surface area contributed by atoms with Crippen molar-refractivity contribution in [3.8, 4) is 0 Å². The lowest BCUT2D eigenvalue weighted by molar-refractivity contribution is -0.384. The highest BCUT2D eigenvalue weighted by atomic mass is 35.5. The second-order valence-electron chi connectivity index (χ2n) is 2.92. The predicted molar refractivity (Wildman–Crippen MR) is 57.6 cm³/mol. The van der Waals surface area contributed by atoms with Crippen LogP contribution in [0.1, 0.15) is 12.5 Å². The fraction of sp³-hybridized carbons (Fsp3) is 0.100. The van der Waals surface area contributed by atoms with Gasteiger partial charge in [0.2, 0.25) is 0 Å². The first-order chi connectivity index (χ1) is 7.06. The van der Waals surface area contributed by atoms with Crippen LogP contribution in [0.5, 0.6) is 0 Å². The van der Waals surface area contributed by atoms with Crippen LogP contribution in [0.15, 0.2) is 29.8 Å².